The van der Waals surface area contributed by atoms with Crippen LogP contribution in [0.25, 0.3) is 0 Å². The molecule has 0 aliphatic heterocycles. The Kier molecular flexibility index (Phi) is 7.51. The second kappa shape index (κ2) is 10.9. The predicted molar refractivity (Wildman–Crippen MR) is 125 cm³/mol. The van der Waals surface area contributed by atoms with Crippen LogP contribution in [0.2, 0.25) is 0 Å². The second-order valence-corrected chi connectivity index (χ2v) is 8.87. The van der Waals surface area contributed by atoms with Crippen LogP contribution in [0.4, 0.5) is 0 Å². The molecule has 166 valence electrons. The van der Waals surface area contributed by atoms with Crippen LogP contribution in [-0.4, -0.2) is 28.9 Å². The van der Waals surface area contributed by atoms with Crippen LogP contribution >= 0.6 is 11.3 Å². The lowest BCUT2D eigenvalue weighted by molar-refractivity contribution is -0.121. The summed E-state index contributed by atoms with van der Waals surface area (Å²) in [6.07, 6.45) is 4.12. The number of thiazole rings is 1. The Labute approximate surface area is 192 Å². The summed E-state index contributed by atoms with van der Waals surface area (Å²) in [4.78, 5) is 29.8. The Morgan fingerprint density at radius 1 is 0.938 bits per heavy atom. The van der Waals surface area contributed by atoms with Gasteiger partial charge in [0.05, 0.1) is 6.42 Å². The molecule has 7 heteroatoms. The van der Waals surface area contributed by atoms with Crippen molar-refractivity contribution in [3.8, 4) is 5.75 Å². The van der Waals surface area contributed by atoms with Crippen LogP contribution in [0.3, 0.4) is 0 Å². The summed E-state index contributed by atoms with van der Waals surface area (Å²) in [5.41, 5.74) is 1.37. The van der Waals surface area contributed by atoms with Crippen molar-refractivity contribution in [2.24, 2.45) is 0 Å². The van der Waals surface area contributed by atoms with Crippen LogP contribution in [0, 0.1) is 0 Å². The molecule has 3 aromatic rings. The average Bonchev–Trinajstić information content (AvgIpc) is 3.30. The third kappa shape index (κ3) is 6.17. The van der Waals surface area contributed by atoms with Crippen molar-refractivity contribution in [2.75, 3.05) is 0 Å². The van der Waals surface area contributed by atoms with E-state index in [4.69, 9.17) is 4.74 Å². The van der Waals surface area contributed by atoms with E-state index in [1.807, 2.05) is 60.7 Å². The van der Waals surface area contributed by atoms with Crippen molar-refractivity contribution in [3.63, 3.8) is 0 Å². The van der Waals surface area contributed by atoms with E-state index in [0.29, 0.717) is 18.7 Å². The van der Waals surface area contributed by atoms with Crippen LogP contribution < -0.4 is 15.4 Å². The lowest BCUT2D eigenvalue weighted by Crippen LogP contribution is -2.53. The van der Waals surface area contributed by atoms with Gasteiger partial charge in [-0.2, -0.15) is 0 Å². The molecule has 1 saturated carbocycles. The summed E-state index contributed by atoms with van der Waals surface area (Å²) in [6.45, 7) is 0.323. The van der Waals surface area contributed by atoms with Crippen LogP contribution in [0.1, 0.15) is 46.7 Å². The minimum absolute atomic E-state index is 0.0173. The van der Waals surface area contributed by atoms with Crippen molar-refractivity contribution in [1.29, 1.82) is 0 Å². The molecular weight excluding hydrogens is 422 g/mol. The Balaban J connectivity index is 1.31. The highest BCUT2D eigenvalue weighted by atomic mass is 32.1. The van der Waals surface area contributed by atoms with Crippen LogP contribution in [0.5, 0.6) is 5.75 Å². The molecule has 1 aliphatic carbocycles. The summed E-state index contributed by atoms with van der Waals surface area (Å²) in [6, 6.07) is 19.1. The molecule has 0 bridgehead atoms. The largest absolute Gasteiger partial charge is 0.486 e. The number of hydrogen-bond donors (Lipinski definition) is 2. The predicted octanol–water partition coefficient (Wildman–Crippen LogP) is 4.12. The third-order valence-corrected chi connectivity index (χ3v) is 6.35. The van der Waals surface area contributed by atoms with E-state index in [-0.39, 0.29) is 23.9 Å². The Hall–Kier alpha value is -3.19. The molecule has 2 aromatic carbocycles. The first-order valence-corrected chi connectivity index (χ1v) is 11.8. The highest BCUT2D eigenvalue weighted by molar-refractivity contribution is 7.09. The van der Waals surface area contributed by atoms with E-state index in [2.05, 4.69) is 15.6 Å². The number of nitrogens with zero attached hydrogens (tertiary/aromatic N) is 1. The zero-order valence-corrected chi connectivity index (χ0v) is 18.6. The molecule has 1 aromatic heterocycles. The summed E-state index contributed by atoms with van der Waals surface area (Å²) in [7, 11) is 0. The molecule has 1 aliphatic rings. The number of nitrogens with one attached hydrogen (secondary N) is 2. The van der Waals surface area contributed by atoms with E-state index in [1.165, 1.54) is 11.3 Å². The molecule has 0 unspecified atom stereocenters. The Morgan fingerprint density at radius 3 is 2.31 bits per heavy atom. The quantitative estimate of drug-likeness (QED) is 0.542. The van der Waals surface area contributed by atoms with Gasteiger partial charge >= 0.3 is 0 Å². The molecule has 0 radical (unpaired) electrons. The molecular formula is C25H27N3O3S. The highest BCUT2D eigenvalue weighted by Gasteiger charge is 2.28. The Morgan fingerprint density at radius 2 is 1.59 bits per heavy atom. The van der Waals surface area contributed by atoms with E-state index < -0.39 is 0 Å². The molecule has 6 nitrogen and oxygen atoms in total. The summed E-state index contributed by atoms with van der Waals surface area (Å²) >= 11 is 1.41. The standard InChI is InChI=1S/C25H27N3O3S/c29-23(15-18-9-3-1-4-10-18)26-20-13-7-8-14-21(20)28-25(30)22-17-32-24(27-22)16-31-19-11-5-2-6-12-19/h1-6,9-12,17,20-21H,7-8,13-16H2,(H,26,29)(H,28,30)/t20-,21+/m1/s1. The first kappa shape index (κ1) is 22.0. The van der Waals surface area contributed by atoms with Gasteiger partial charge in [-0.05, 0) is 30.5 Å². The van der Waals surface area contributed by atoms with Gasteiger partial charge in [-0.3, -0.25) is 9.59 Å². The zero-order valence-electron chi connectivity index (χ0n) is 17.8. The fourth-order valence-corrected chi connectivity index (χ4v) is 4.59. The Bertz CT molecular complexity index is 1020. The van der Waals surface area contributed by atoms with Gasteiger partial charge < -0.3 is 15.4 Å². The van der Waals surface area contributed by atoms with Gasteiger partial charge in [0.25, 0.3) is 5.91 Å². The molecule has 1 fully saturated rings. The van der Waals surface area contributed by atoms with Crippen molar-refractivity contribution >= 4 is 23.2 Å². The van der Waals surface area contributed by atoms with E-state index >= 15 is 0 Å². The van der Waals surface area contributed by atoms with Crippen molar-refractivity contribution in [3.05, 3.63) is 82.3 Å². The fourth-order valence-electron chi connectivity index (χ4n) is 3.90. The number of para-hydroxylation sites is 1. The van der Waals surface area contributed by atoms with E-state index in [0.717, 1.165) is 42.0 Å². The number of hydrogen-bond acceptors (Lipinski definition) is 5. The van der Waals surface area contributed by atoms with Crippen molar-refractivity contribution < 1.29 is 14.3 Å². The SMILES string of the molecule is O=C(Cc1ccccc1)N[C@@H]1CCCC[C@@H]1NC(=O)c1csc(COc2ccccc2)n1. The van der Waals surface area contributed by atoms with Gasteiger partial charge in [-0.1, -0.05) is 61.4 Å². The monoisotopic (exact) mass is 449 g/mol. The number of ether oxygens (including phenoxy) is 1. The number of carbonyl (C=O) groups is 2. The molecule has 0 spiro atoms. The van der Waals surface area contributed by atoms with Crippen LogP contribution in [-0.2, 0) is 17.8 Å². The maximum Gasteiger partial charge on any atom is 0.271 e. The van der Waals surface area contributed by atoms with Crippen molar-refractivity contribution in [1.82, 2.24) is 15.6 Å². The maximum absolute atomic E-state index is 12.8. The summed E-state index contributed by atoms with van der Waals surface area (Å²) < 4.78 is 5.71. The molecule has 2 atom stereocenters. The molecule has 1 heterocycles. The van der Waals surface area contributed by atoms with Gasteiger partial charge in [-0.25, -0.2) is 4.98 Å². The lowest BCUT2D eigenvalue weighted by Gasteiger charge is -2.32. The summed E-state index contributed by atoms with van der Waals surface area (Å²) in [5, 5.41) is 8.72. The molecule has 32 heavy (non-hydrogen) atoms. The molecule has 2 N–H and O–H groups in total. The minimum Gasteiger partial charge on any atom is -0.486 e. The maximum atomic E-state index is 12.8. The van der Waals surface area contributed by atoms with Crippen LogP contribution in [0.15, 0.2) is 66.0 Å². The first-order valence-electron chi connectivity index (χ1n) is 10.9. The van der Waals surface area contributed by atoms with Crippen molar-refractivity contribution in [2.45, 2.75) is 50.8 Å². The van der Waals surface area contributed by atoms with Gasteiger partial charge in [-0.15, -0.1) is 11.3 Å². The number of carbonyl (C=O) groups excluding carboxylic acids is 2. The highest BCUT2D eigenvalue weighted by Crippen LogP contribution is 2.20. The average molecular weight is 450 g/mol. The topological polar surface area (TPSA) is 80.3 Å². The molecule has 4 rings (SSSR count). The molecule has 0 saturated heterocycles. The summed E-state index contributed by atoms with van der Waals surface area (Å²) in [5.74, 6) is 0.544. The second-order valence-electron chi connectivity index (χ2n) is 7.93. The van der Waals surface area contributed by atoms with Gasteiger partial charge in [0, 0.05) is 17.5 Å². The first-order chi connectivity index (χ1) is 15.7. The van der Waals surface area contributed by atoms with Gasteiger partial charge in [0.1, 0.15) is 23.1 Å². The van der Waals surface area contributed by atoms with E-state index in [1.54, 1.807) is 5.38 Å². The normalized spacial score (nSPS) is 18.0. The number of benzene rings is 2. The number of amides is 2. The minimum atomic E-state index is -0.207. The molecule has 2 amide bonds. The zero-order chi connectivity index (χ0) is 22.2. The number of rotatable bonds is 8. The fraction of sp³-hybridized carbons (Fsp3) is 0.320. The van der Waals surface area contributed by atoms with Gasteiger partial charge in [0.15, 0.2) is 0 Å². The number of aromatic nitrogens is 1. The third-order valence-electron chi connectivity index (χ3n) is 5.53. The smallest absolute Gasteiger partial charge is 0.271 e. The van der Waals surface area contributed by atoms with E-state index in [9.17, 15) is 9.59 Å². The lowest BCUT2D eigenvalue weighted by atomic mass is 9.90. The van der Waals surface area contributed by atoms with Gasteiger partial charge in [0.2, 0.25) is 5.91 Å².